The molecule has 0 spiro atoms. The normalized spacial score (nSPS) is 12.1. The minimum absolute atomic E-state index is 1.13. The maximum Gasteiger partial charge on any atom is 0.0634 e. The van der Waals surface area contributed by atoms with Crippen LogP contribution in [0.25, 0.3) is 98.4 Å². The molecule has 0 saturated heterocycles. The minimum Gasteiger partial charge on any atom is -0.310 e. The molecular weight excluding hydrogens is 921 g/mol. The molecule has 0 aliphatic heterocycles. The summed E-state index contributed by atoms with van der Waals surface area (Å²) in [5.74, 6) is 0. The van der Waals surface area contributed by atoms with Crippen LogP contribution in [0.5, 0.6) is 0 Å². The van der Waals surface area contributed by atoms with Crippen LogP contribution < -0.4 is 9.80 Å². The van der Waals surface area contributed by atoms with E-state index in [2.05, 4.69) is 279 Å². The minimum atomic E-state index is 1.13. The van der Waals surface area contributed by atoms with Crippen molar-refractivity contribution in [2.24, 2.45) is 0 Å². The third kappa shape index (κ3) is 6.13. The predicted octanol–water partition coefficient (Wildman–Crippen LogP) is 20.1. The SMILES string of the molecule is Cc1cc(N(c2ccccc2)c2cccc3c2c2cccc4c5c(-c6ccccc6)c6c(c(-c7ccccc7)c5n3c24)c2cccc3c4c(N(c5ccccc5)c5cc(C)c(C)c(C)c5)cccc4n6c32)cc(C)c1C. The first-order valence-electron chi connectivity index (χ1n) is 26.6. The quantitative estimate of drug-likeness (QED) is 0.151. The fraction of sp³-hybridized carbons (Fsp3) is 0.0833. The van der Waals surface area contributed by atoms with Crippen LogP contribution in [0.3, 0.4) is 0 Å². The molecule has 0 aliphatic carbocycles. The van der Waals surface area contributed by atoms with Crippen LogP contribution in [-0.4, -0.2) is 8.80 Å². The summed E-state index contributed by atoms with van der Waals surface area (Å²) < 4.78 is 5.27. The molecule has 0 radical (unpaired) electrons. The van der Waals surface area contributed by atoms with E-state index in [1.54, 1.807) is 0 Å². The Labute approximate surface area is 442 Å². The smallest absolute Gasteiger partial charge is 0.0634 e. The van der Waals surface area contributed by atoms with Gasteiger partial charge in [-0.15, -0.1) is 0 Å². The number of nitrogens with zero attached hydrogens (tertiary/aromatic N) is 4. The highest BCUT2D eigenvalue weighted by molar-refractivity contribution is 6.39. The summed E-state index contributed by atoms with van der Waals surface area (Å²) >= 11 is 0. The zero-order valence-electron chi connectivity index (χ0n) is 43.6. The summed E-state index contributed by atoms with van der Waals surface area (Å²) in [5, 5.41) is 9.95. The third-order valence-corrected chi connectivity index (χ3v) is 17.0. The number of aryl methyl sites for hydroxylation is 4. The summed E-state index contributed by atoms with van der Waals surface area (Å²) in [4.78, 5) is 4.95. The van der Waals surface area contributed by atoms with E-state index in [4.69, 9.17) is 0 Å². The predicted molar refractivity (Wildman–Crippen MR) is 324 cm³/mol. The van der Waals surface area contributed by atoms with E-state index in [0.717, 1.165) is 34.1 Å². The number of aromatic nitrogens is 2. The van der Waals surface area contributed by atoms with Gasteiger partial charge < -0.3 is 18.6 Å². The molecule has 0 N–H and O–H groups in total. The van der Waals surface area contributed by atoms with E-state index in [0.29, 0.717) is 0 Å². The molecule has 4 heteroatoms. The highest BCUT2D eigenvalue weighted by Gasteiger charge is 2.32. The van der Waals surface area contributed by atoms with Crippen molar-refractivity contribution >= 4 is 110 Å². The van der Waals surface area contributed by atoms with Crippen LogP contribution >= 0.6 is 0 Å². The average molecular weight is 975 g/mol. The van der Waals surface area contributed by atoms with Crippen molar-refractivity contribution in [3.05, 3.63) is 252 Å². The molecule has 4 heterocycles. The van der Waals surface area contributed by atoms with Gasteiger partial charge in [0.1, 0.15) is 0 Å². The largest absolute Gasteiger partial charge is 0.310 e. The molecule has 0 saturated carbocycles. The Hall–Kier alpha value is -9.38. The Kier molecular flexibility index (Phi) is 9.62. The van der Waals surface area contributed by atoms with Crippen LogP contribution in [-0.2, 0) is 0 Å². The first-order valence-corrected chi connectivity index (χ1v) is 26.6. The number of benzene rings is 11. The maximum atomic E-state index is 2.63. The fourth-order valence-corrected chi connectivity index (χ4v) is 13.2. The second kappa shape index (κ2) is 16.6. The molecule has 4 aromatic heterocycles. The lowest BCUT2D eigenvalue weighted by molar-refractivity contribution is 1.22. The van der Waals surface area contributed by atoms with Crippen molar-refractivity contribution in [1.29, 1.82) is 0 Å². The summed E-state index contributed by atoms with van der Waals surface area (Å²) in [7, 11) is 0. The van der Waals surface area contributed by atoms with Gasteiger partial charge in [0.25, 0.3) is 0 Å². The van der Waals surface area contributed by atoms with E-state index >= 15 is 0 Å². The van der Waals surface area contributed by atoms with Crippen LogP contribution in [0.1, 0.15) is 33.4 Å². The lowest BCUT2D eigenvalue weighted by Crippen LogP contribution is -2.11. The third-order valence-electron chi connectivity index (χ3n) is 17.0. The second-order valence-electron chi connectivity index (χ2n) is 21.1. The lowest BCUT2D eigenvalue weighted by Gasteiger charge is -2.28. The van der Waals surface area contributed by atoms with Gasteiger partial charge in [0.15, 0.2) is 0 Å². The van der Waals surface area contributed by atoms with Crippen LogP contribution in [0.2, 0.25) is 0 Å². The molecular formula is C72H54N4. The van der Waals surface area contributed by atoms with Gasteiger partial charge in [-0.25, -0.2) is 0 Å². The number of hydrogen-bond donors (Lipinski definition) is 0. The standard InChI is InChI=1S/C72H54N4/c1-43-39-53(40-44(2)47(43)5)73(51-27-15-9-16-28-51)59-35-21-37-61-65(59)55-31-19-33-57-67-64(50-25-13-8-14-26-50)72-68(63(49-23-11-7-12-24-49)71(67)75(61)69(55)57)58-34-20-32-56-66-60(36-22-38-62(66)76(72)70(56)58)74(52-29-17-10-18-30-52)54-41-45(3)48(6)46(4)42-54/h7-42H,1-6H3. The Morgan fingerprint density at radius 2 is 0.592 bits per heavy atom. The molecule has 4 nitrogen and oxygen atoms in total. The fourth-order valence-electron chi connectivity index (χ4n) is 13.2. The van der Waals surface area contributed by atoms with Gasteiger partial charge in [-0.1, -0.05) is 146 Å². The molecule has 15 rings (SSSR count). The summed E-state index contributed by atoms with van der Waals surface area (Å²) in [6.07, 6.45) is 0. The van der Waals surface area contributed by atoms with E-state index in [1.165, 1.54) is 132 Å². The highest BCUT2D eigenvalue weighted by atomic mass is 15.2. The first kappa shape index (κ1) is 44.1. The van der Waals surface area contributed by atoms with E-state index < -0.39 is 0 Å². The average Bonchev–Trinajstić information content (AvgIpc) is 4.31. The van der Waals surface area contributed by atoms with E-state index in [-0.39, 0.29) is 0 Å². The molecule has 0 amide bonds. The van der Waals surface area contributed by atoms with Crippen molar-refractivity contribution in [2.75, 3.05) is 9.80 Å². The van der Waals surface area contributed by atoms with E-state index in [9.17, 15) is 0 Å². The number of hydrogen-bond acceptors (Lipinski definition) is 2. The van der Waals surface area contributed by atoms with Crippen molar-refractivity contribution in [1.82, 2.24) is 8.80 Å². The van der Waals surface area contributed by atoms with Gasteiger partial charge in [-0.05, 0) is 159 Å². The number of anilines is 6. The second-order valence-corrected chi connectivity index (χ2v) is 21.1. The maximum absolute atomic E-state index is 2.63. The van der Waals surface area contributed by atoms with Gasteiger partial charge >= 0.3 is 0 Å². The summed E-state index contributed by atoms with van der Waals surface area (Å²) in [6, 6.07) is 81.6. The van der Waals surface area contributed by atoms with Gasteiger partial charge in [-0.2, -0.15) is 0 Å². The zero-order valence-corrected chi connectivity index (χ0v) is 43.6. The van der Waals surface area contributed by atoms with Crippen LogP contribution in [0, 0.1) is 41.5 Å². The van der Waals surface area contributed by atoms with Gasteiger partial charge in [-0.3, -0.25) is 0 Å². The van der Waals surface area contributed by atoms with Crippen LogP contribution in [0.15, 0.2) is 218 Å². The summed E-state index contributed by atoms with van der Waals surface area (Å²) in [5.41, 5.74) is 26.8. The van der Waals surface area contributed by atoms with Crippen molar-refractivity contribution in [3.8, 4) is 22.3 Å². The van der Waals surface area contributed by atoms with Gasteiger partial charge in [0, 0.05) is 77.0 Å². The van der Waals surface area contributed by atoms with Crippen molar-refractivity contribution in [2.45, 2.75) is 41.5 Å². The lowest BCUT2D eigenvalue weighted by atomic mass is 9.89. The Morgan fingerprint density at radius 3 is 0.947 bits per heavy atom. The van der Waals surface area contributed by atoms with Crippen LogP contribution in [0.4, 0.5) is 34.1 Å². The monoisotopic (exact) mass is 974 g/mol. The molecule has 76 heavy (non-hydrogen) atoms. The number of rotatable bonds is 8. The van der Waals surface area contributed by atoms with Gasteiger partial charge in [0.05, 0.1) is 44.5 Å². The van der Waals surface area contributed by atoms with Gasteiger partial charge in [0.2, 0.25) is 0 Å². The number of fused-ring (bicyclic) bond motifs is 12. The molecule has 0 bridgehead atoms. The summed E-state index contributed by atoms with van der Waals surface area (Å²) in [6.45, 7) is 13.4. The molecule has 0 unspecified atom stereocenters. The first-order chi connectivity index (χ1) is 37.3. The Bertz CT molecular complexity index is 4440. The number of para-hydroxylation sites is 4. The Morgan fingerprint density at radius 1 is 0.276 bits per heavy atom. The molecule has 11 aromatic carbocycles. The molecule has 0 fully saturated rings. The molecule has 362 valence electrons. The zero-order chi connectivity index (χ0) is 51.1. The highest BCUT2D eigenvalue weighted by Crippen LogP contribution is 2.56. The van der Waals surface area contributed by atoms with Crippen molar-refractivity contribution in [3.63, 3.8) is 0 Å². The Balaban J connectivity index is 1.13. The molecule has 15 aromatic rings. The molecule has 0 aliphatic rings. The van der Waals surface area contributed by atoms with E-state index in [1.807, 2.05) is 0 Å². The molecule has 0 atom stereocenters. The van der Waals surface area contributed by atoms with Crippen molar-refractivity contribution < 1.29 is 0 Å². The topological polar surface area (TPSA) is 15.3 Å².